The van der Waals surface area contributed by atoms with Crippen LogP contribution in [0, 0.1) is 5.82 Å². The van der Waals surface area contributed by atoms with Crippen molar-refractivity contribution in [2.45, 2.75) is 34.6 Å². The van der Waals surface area contributed by atoms with Crippen LogP contribution >= 0.6 is 0 Å². The maximum atomic E-state index is 13.0. The zero-order valence-electron chi connectivity index (χ0n) is 15.0. The fraction of sp³-hybridized carbons (Fsp3) is 0.250. The van der Waals surface area contributed by atoms with Gasteiger partial charge in [-0.2, -0.15) is 0 Å². The molecule has 0 aliphatic rings. The van der Waals surface area contributed by atoms with Gasteiger partial charge in [0.2, 0.25) is 0 Å². The van der Waals surface area contributed by atoms with Crippen molar-refractivity contribution < 1.29 is 4.39 Å². The lowest BCUT2D eigenvalue weighted by Crippen LogP contribution is -1.97. The second-order valence-electron chi connectivity index (χ2n) is 3.87. The standard InChI is InChI=1S/C16H17FN2.2C2H6/c1-5-7-12(2)16(18-4)10-13(3)19-15-9-6-8-14(17)11-15;2*1-2/h5-11,19H,2-4H2,1H3;2*1-2H3/b7-5-,16-10-;;. The van der Waals surface area contributed by atoms with Crippen molar-refractivity contribution in [3.05, 3.63) is 78.4 Å². The van der Waals surface area contributed by atoms with Crippen LogP contribution in [0.3, 0.4) is 0 Å². The largest absolute Gasteiger partial charge is 0.356 e. The van der Waals surface area contributed by atoms with Gasteiger partial charge in [0.05, 0.1) is 5.70 Å². The highest BCUT2D eigenvalue weighted by molar-refractivity contribution is 5.53. The van der Waals surface area contributed by atoms with E-state index in [2.05, 4.69) is 30.2 Å². The van der Waals surface area contributed by atoms with Gasteiger partial charge in [0.15, 0.2) is 0 Å². The molecule has 126 valence electrons. The van der Waals surface area contributed by atoms with Crippen LogP contribution in [0.2, 0.25) is 0 Å². The summed E-state index contributed by atoms with van der Waals surface area (Å²) in [5.41, 5.74) is 2.56. The zero-order chi connectivity index (χ0) is 18.3. The van der Waals surface area contributed by atoms with E-state index in [1.54, 1.807) is 18.2 Å². The first-order valence-electron chi connectivity index (χ1n) is 7.78. The van der Waals surface area contributed by atoms with Gasteiger partial charge >= 0.3 is 0 Å². The highest BCUT2D eigenvalue weighted by Crippen LogP contribution is 2.16. The molecule has 0 saturated carbocycles. The van der Waals surface area contributed by atoms with E-state index in [1.807, 2.05) is 46.8 Å². The van der Waals surface area contributed by atoms with Crippen molar-refractivity contribution >= 4 is 12.4 Å². The molecule has 0 atom stereocenters. The molecule has 1 rings (SSSR count). The van der Waals surface area contributed by atoms with E-state index < -0.39 is 0 Å². The number of benzene rings is 1. The van der Waals surface area contributed by atoms with Crippen LogP contribution in [-0.2, 0) is 0 Å². The molecule has 2 nitrogen and oxygen atoms in total. The van der Waals surface area contributed by atoms with Gasteiger partial charge in [0, 0.05) is 11.4 Å². The number of hydrogen-bond acceptors (Lipinski definition) is 2. The number of rotatable bonds is 6. The lowest BCUT2D eigenvalue weighted by atomic mass is 10.2. The Kier molecular flexibility index (Phi) is 14.4. The second-order valence-corrected chi connectivity index (χ2v) is 3.87. The van der Waals surface area contributed by atoms with Gasteiger partial charge < -0.3 is 5.32 Å². The summed E-state index contributed by atoms with van der Waals surface area (Å²) < 4.78 is 13.0. The number of aliphatic imine (C=N–C) groups is 1. The van der Waals surface area contributed by atoms with E-state index in [-0.39, 0.29) is 5.82 Å². The molecule has 1 N–H and O–H groups in total. The zero-order valence-corrected chi connectivity index (χ0v) is 15.0. The van der Waals surface area contributed by atoms with Crippen LogP contribution in [0.15, 0.2) is 77.6 Å². The summed E-state index contributed by atoms with van der Waals surface area (Å²) in [5, 5.41) is 2.98. The van der Waals surface area contributed by atoms with Crippen LogP contribution in [0.25, 0.3) is 0 Å². The summed E-state index contributed by atoms with van der Waals surface area (Å²) >= 11 is 0. The maximum Gasteiger partial charge on any atom is 0.125 e. The van der Waals surface area contributed by atoms with Crippen LogP contribution in [0.1, 0.15) is 34.6 Å². The topological polar surface area (TPSA) is 24.4 Å². The van der Waals surface area contributed by atoms with Gasteiger partial charge in [-0.1, -0.05) is 59.1 Å². The maximum absolute atomic E-state index is 13.0. The Hall–Kier alpha value is -2.42. The monoisotopic (exact) mass is 316 g/mol. The molecule has 0 heterocycles. The molecule has 0 aliphatic heterocycles. The fourth-order valence-electron chi connectivity index (χ4n) is 1.48. The predicted molar refractivity (Wildman–Crippen MR) is 103 cm³/mol. The van der Waals surface area contributed by atoms with Gasteiger partial charge in [-0.05, 0) is 43.5 Å². The first kappa shape index (κ1) is 22.9. The quantitative estimate of drug-likeness (QED) is 0.469. The lowest BCUT2D eigenvalue weighted by Gasteiger charge is -2.07. The third-order valence-electron chi connectivity index (χ3n) is 2.31. The molecular weight excluding hydrogens is 287 g/mol. The molecule has 0 fully saturated rings. The summed E-state index contributed by atoms with van der Waals surface area (Å²) in [6, 6.07) is 6.15. The number of nitrogens with zero attached hydrogens (tertiary/aromatic N) is 1. The summed E-state index contributed by atoms with van der Waals surface area (Å²) in [4.78, 5) is 3.89. The number of halogens is 1. The van der Waals surface area contributed by atoms with E-state index in [9.17, 15) is 4.39 Å². The van der Waals surface area contributed by atoms with Crippen LogP contribution in [-0.4, -0.2) is 6.72 Å². The van der Waals surface area contributed by atoms with Gasteiger partial charge in [-0.25, -0.2) is 4.39 Å². The molecule has 0 spiro atoms. The van der Waals surface area contributed by atoms with Crippen LogP contribution < -0.4 is 5.32 Å². The molecular formula is C20H29FN2. The Morgan fingerprint density at radius 3 is 2.26 bits per heavy atom. The van der Waals surface area contributed by atoms with Gasteiger partial charge in [0.25, 0.3) is 0 Å². The average Bonchev–Trinajstić information content (AvgIpc) is 2.56. The highest BCUT2D eigenvalue weighted by atomic mass is 19.1. The summed E-state index contributed by atoms with van der Waals surface area (Å²) in [6.45, 7) is 21.1. The van der Waals surface area contributed by atoms with Gasteiger partial charge in [0.1, 0.15) is 5.82 Å². The number of nitrogens with one attached hydrogen (secondary N) is 1. The van der Waals surface area contributed by atoms with Crippen LogP contribution in [0.5, 0.6) is 0 Å². The molecule has 3 heteroatoms. The number of hydrogen-bond donors (Lipinski definition) is 1. The van der Waals surface area contributed by atoms with Crippen molar-refractivity contribution in [1.82, 2.24) is 0 Å². The predicted octanol–water partition coefficient (Wildman–Crippen LogP) is 6.52. The molecule has 1 aromatic carbocycles. The van der Waals surface area contributed by atoms with E-state index in [4.69, 9.17) is 0 Å². The average molecular weight is 316 g/mol. The molecule has 0 radical (unpaired) electrons. The summed E-state index contributed by atoms with van der Waals surface area (Å²) in [7, 11) is 0. The number of allylic oxidation sites excluding steroid dienone is 3. The van der Waals surface area contributed by atoms with E-state index in [1.165, 1.54) is 12.1 Å². The Labute approximate surface area is 140 Å². The van der Waals surface area contributed by atoms with Crippen molar-refractivity contribution in [1.29, 1.82) is 0 Å². The van der Waals surface area contributed by atoms with Crippen molar-refractivity contribution in [2.75, 3.05) is 5.32 Å². The van der Waals surface area contributed by atoms with Crippen molar-refractivity contribution in [3.8, 4) is 0 Å². The minimum Gasteiger partial charge on any atom is -0.356 e. The van der Waals surface area contributed by atoms with Gasteiger partial charge in [-0.15, -0.1) is 0 Å². The third kappa shape index (κ3) is 10.0. The minimum absolute atomic E-state index is 0.304. The first-order chi connectivity index (χ1) is 11.1. The third-order valence-corrected chi connectivity index (χ3v) is 2.31. The van der Waals surface area contributed by atoms with E-state index in [0.29, 0.717) is 17.1 Å². The normalized spacial score (nSPS) is 9.91. The molecule has 0 saturated heterocycles. The Morgan fingerprint density at radius 2 is 1.78 bits per heavy atom. The van der Waals surface area contributed by atoms with E-state index in [0.717, 1.165) is 5.57 Å². The highest BCUT2D eigenvalue weighted by Gasteiger charge is 1.99. The molecule has 0 unspecified atom stereocenters. The SMILES string of the molecule is C=N/C(=C\C(=C)Nc1cccc(F)c1)C(=C)/C=C\C.CC.CC. The smallest absolute Gasteiger partial charge is 0.125 e. The Balaban J connectivity index is 0. The lowest BCUT2D eigenvalue weighted by molar-refractivity contribution is 0.628. The molecule has 1 aromatic rings. The van der Waals surface area contributed by atoms with Crippen molar-refractivity contribution in [3.63, 3.8) is 0 Å². The second kappa shape index (κ2) is 14.5. The van der Waals surface area contributed by atoms with Crippen LogP contribution in [0.4, 0.5) is 10.1 Å². The molecule has 0 aromatic heterocycles. The molecule has 0 bridgehead atoms. The molecule has 23 heavy (non-hydrogen) atoms. The fourth-order valence-corrected chi connectivity index (χ4v) is 1.48. The molecule has 0 amide bonds. The Morgan fingerprint density at radius 1 is 1.17 bits per heavy atom. The summed E-state index contributed by atoms with van der Waals surface area (Å²) in [6.07, 6.45) is 5.40. The van der Waals surface area contributed by atoms with Crippen molar-refractivity contribution in [2.24, 2.45) is 4.99 Å². The first-order valence-corrected chi connectivity index (χ1v) is 7.78. The van der Waals surface area contributed by atoms with E-state index >= 15 is 0 Å². The number of anilines is 1. The molecule has 0 aliphatic carbocycles. The van der Waals surface area contributed by atoms with Gasteiger partial charge in [-0.3, -0.25) is 4.99 Å². The minimum atomic E-state index is -0.304. The Bertz CT molecular complexity index is 555. The summed E-state index contributed by atoms with van der Waals surface area (Å²) in [5.74, 6) is -0.304.